The summed E-state index contributed by atoms with van der Waals surface area (Å²) in [6.07, 6.45) is 3.38. The highest BCUT2D eigenvalue weighted by Crippen LogP contribution is 2.24. The van der Waals surface area contributed by atoms with Gasteiger partial charge in [-0.2, -0.15) is 15.3 Å². The number of hydrazone groups is 1. The van der Waals surface area contributed by atoms with Crippen LogP contribution in [0.1, 0.15) is 45.0 Å². The van der Waals surface area contributed by atoms with Crippen LogP contribution in [0.5, 0.6) is 5.88 Å². The van der Waals surface area contributed by atoms with Crippen LogP contribution >= 0.6 is 0 Å². The summed E-state index contributed by atoms with van der Waals surface area (Å²) in [7, 11) is 0. The van der Waals surface area contributed by atoms with E-state index in [0.29, 0.717) is 18.2 Å². The lowest BCUT2D eigenvalue weighted by atomic mass is 9.99. The van der Waals surface area contributed by atoms with Gasteiger partial charge in [-0.3, -0.25) is 10.3 Å². The van der Waals surface area contributed by atoms with Gasteiger partial charge in [-0.05, 0) is 11.0 Å². The van der Waals surface area contributed by atoms with Gasteiger partial charge >= 0.3 is 0 Å². The molecule has 1 aliphatic rings. The van der Waals surface area contributed by atoms with E-state index in [1.807, 2.05) is 12.1 Å². The number of benzene rings is 1. The summed E-state index contributed by atoms with van der Waals surface area (Å²) < 4.78 is 5.83. The lowest BCUT2D eigenvalue weighted by Crippen LogP contribution is -2.33. The van der Waals surface area contributed by atoms with Crippen molar-refractivity contribution in [1.29, 1.82) is 5.26 Å². The van der Waals surface area contributed by atoms with Gasteiger partial charge in [-0.25, -0.2) is 4.98 Å². The van der Waals surface area contributed by atoms with E-state index in [-0.39, 0.29) is 11.2 Å². The predicted molar refractivity (Wildman–Crippen MR) is 114 cm³/mol. The second-order valence-corrected chi connectivity index (χ2v) is 8.43. The number of likely N-dealkylation sites (tertiary alicyclic amines) is 1. The molecule has 1 aliphatic heterocycles. The second-order valence-electron chi connectivity index (χ2n) is 8.43. The third-order valence-corrected chi connectivity index (χ3v) is 4.51. The average molecular weight is 393 g/mol. The Kier molecular flexibility index (Phi) is 6.78. The number of ether oxygens (including phenoxy) is 1. The number of hydrogen-bond donors (Lipinski definition) is 1. The summed E-state index contributed by atoms with van der Waals surface area (Å²) in [6.45, 7) is 9.64. The fraction of sp³-hybridized carbons (Fsp3) is 0.455. The molecule has 0 atom stereocenters. The number of anilines is 1. The summed E-state index contributed by atoms with van der Waals surface area (Å²) in [5.74, 6) is 0.443. The zero-order chi connectivity index (χ0) is 20.7. The van der Waals surface area contributed by atoms with Gasteiger partial charge in [0.1, 0.15) is 11.8 Å². The topological polar surface area (TPSA) is 86.4 Å². The fourth-order valence-corrected chi connectivity index (χ4v) is 2.95. The van der Waals surface area contributed by atoms with Gasteiger partial charge in [-0.1, -0.05) is 51.1 Å². The van der Waals surface area contributed by atoms with Crippen LogP contribution in [-0.4, -0.2) is 40.3 Å². The Balaban J connectivity index is 1.59. The number of piperidine rings is 1. The first kappa shape index (κ1) is 20.7. The Morgan fingerprint density at radius 2 is 1.93 bits per heavy atom. The molecule has 1 aromatic carbocycles. The Hall–Kier alpha value is -2.98. The number of nitrogens with zero attached hydrogens (tertiary/aromatic N) is 5. The number of aromatic nitrogens is 2. The standard InChI is InChI=1S/C22H28N6O/c1-22(2,3)16-29-21-19(14-24-20(13-23)25-21)27-26-18-9-11-28(12-10-18)15-17-7-5-4-6-8-17/h4-8,14,27H,9-12,15-16H2,1-3H3. The van der Waals surface area contributed by atoms with Crippen molar-refractivity contribution in [2.24, 2.45) is 10.5 Å². The SMILES string of the molecule is CC(C)(C)COc1nc(C#N)ncc1NN=C1CCN(Cc2ccccc2)CC1. The molecular formula is C22H28N6O. The van der Waals surface area contributed by atoms with Crippen molar-refractivity contribution in [2.75, 3.05) is 25.1 Å². The summed E-state index contributed by atoms with van der Waals surface area (Å²) in [4.78, 5) is 10.7. The van der Waals surface area contributed by atoms with Gasteiger partial charge in [0, 0.05) is 38.2 Å². The van der Waals surface area contributed by atoms with E-state index in [1.165, 1.54) is 5.56 Å². The minimum atomic E-state index is -0.0213. The number of nitriles is 1. The van der Waals surface area contributed by atoms with E-state index >= 15 is 0 Å². The molecule has 2 heterocycles. The van der Waals surface area contributed by atoms with Crippen molar-refractivity contribution < 1.29 is 4.74 Å². The van der Waals surface area contributed by atoms with Crippen LogP contribution in [0.2, 0.25) is 0 Å². The summed E-state index contributed by atoms with van der Waals surface area (Å²) in [5, 5.41) is 13.6. The highest BCUT2D eigenvalue weighted by atomic mass is 16.5. The Bertz CT molecular complexity index is 872. The molecule has 0 amide bonds. The van der Waals surface area contributed by atoms with E-state index in [1.54, 1.807) is 6.20 Å². The maximum atomic E-state index is 9.06. The van der Waals surface area contributed by atoms with Gasteiger partial charge < -0.3 is 4.74 Å². The molecule has 0 saturated carbocycles. The molecule has 0 aliphatic carbocycles. The van der Waals surface area contributed by atoms with E-state index in [0.717, 1.165) is 38.2 Å². The number of nitrogens with one attached hydrogen (secondary N) is 1. The van der Waals surface area contributed by atoms with Crippen LogP contribution in [0.15, 0.2) is 41.6 Å². The lowest BCUT2D eigenvalue weighted by molar-refractivity contribution is 0.192. The number of hydrogen-bond acceptors (Lipinski definition) is 7. The van der Waals surface area contributed by atoms with Crippen molar-refractivity contribution in [1.82, 2.24) is 14.9 Å². The van der Waals surface area contributed by atoms with Crippen LogP contribution in [0, 0.1) is 16.7 Å². The Morgan fingerprint density at radius 1 is 1.21 bits per heavy atom. The maximum Gasteiger partial charge on any atom is 0.243 e. The molecule has 152 valence electrons. The van der Waals surface area contributed by atoms with Gasteiger partial charge in [0.2, 0.25) is 11.7 Å². The molecule has 0 spiro atoms. The first-order valence-corrected chi connectivity index (χ1v) is 9.90. The molecule has 3 rings (SSSR count). The lowest BCUT2D eigenvalue weighted by Gasteiger charge is -2.27. The minimum absolute atomic E-state index is 0.0213. The molecule has 0 bridgehead atoms. The highest BCUT2D eigenvalue weighted by Gasteiger charge is 2.17. The van der Waals surface area contributed by atoms with Gasteiger partial charge in [0.15, 0.2) is 0 Å². The summed E-state index contributed by atoms with van der Waals surface area (Å²) >= 11 is 0. The highest BCUT2D eigenvalue weighted by molar-refractivity contribution is 5.86. The molecule has 1 N–H and O–H groups in total. The molecular weight excluding hydrogens is 364 g/mol. The maximum absolute atomic E-state index is 9.06. The molecule has 29 heavy (non-hydrogen) atoms. The smallest absolute Gasteiger partial charge is 0.243 e. The third kappa shape index (κ3) is 6.54. The average Bonchev–Trinajstić information content (AvgIpc) is 2.72. The summed E-state index contributed by atoms with van der Waals surface area (Å²) in [6, 6.07) is 12.5. The Morgan fingerprint density at radius 3 is 2.59 bits per heavy atom. The van der Waals surface area contributed by atoms with Crippen LogP contribution < -0.4 is 10.2 Å². The van der Waals surface area contributed by atoms with Crippen molar-refractivity contribution in [2.45, 2.75) is 40.2 Å². The first-order chi connectivity index (χ1) is 13.9. The van der Waals surface area contributed by atoms with Gasteiger partial charge in [0.25, 0.3) is 0 Å². The van der Waals surface area contributed by atoms with Gasteiger partial charge in [0.05, 0.1) is 12.8 Å². The van der Waals surface area contributed by atoms with E-state index in [9.17, 15) is 0 Å². The third-order valence-electron chi connectivity index (χ3n) is 4.51. The Labute approximate surface area is 172 Å². The summed E-state index contributed by atoms with van der Waals surface area (Å²) in [5.41, 5.74) is 6.05. The van der Waals surface area contributed by atoms with Gasteiger partial charge in [-0.15, -0.1) is 0 Å². The van der Waals surface area contributed by atoms with E-state index in [2.05, 4.69) is 70.4 Å². The van der Waals surface area contributed by atoms with Crippen LogP contribution in [-0.2, 0) is 6.54 Å². The molecule has 1 aromatic heterocycles. The van der Waals surface area contributed by atoms with Crippen LogP contribution in [0.25, 0.3) is 0 Å². The molecule has 0 radical (unpaired) electrons. The molecule has 7 nitrogen and oxygen atoms in total. The second kappa shape index (κ2) is 9.48. The molecule has 2 aromatic rings. The first-order valence-electron chi connectivity index (χ1n) is 9.90. The molecule has 0 unspecified atom stereocenters. The van der Waals surface area contributed by atoms with Crippen molar-refractivity contribution in [3.63, 3.8) is 0 Å². The van der Waals surface area contributed by atoms with Crippen LogP contribution in [0.3, 0.4) is 0 Å². The molecule has 7 heteroatoms. The van der Waals surface area contributed by atoms with Crippen molar-refractivity contribution in [3.8, 4) is 11.9 Å². The van der Waals surface area contributed by atoms with Crippen molar-refractivity contribution in [3.05, 3.63) is 47.9 Å². The zero-order valence-corrected chi connectivity index (χ0v) is 17.4. The van der Waals surface area contributed by atoms with E-state index in [4.69, 9.17) is 10.00 Å². The normalized spacial score (nSPS) is 14.9. The quantitative estimate of drug-likeness (QED) is 0.752. The minimum Gasteiger partial charge on any atom is -0.475 e. The number of rotatable bonds is 6. The van der Waals surface area contributed by atoms with Crippen molar-refractivity contribution >= 4 is 11.4 Å². The molecule has 1 fully saturated rings. The largest absolute Gasteiger partial charge is 0.475 e. The van der Waals surface area contributed by atoms with E-state index < -0.39 is 0 Å². The zero-order valence-electron chi connectivity index (χ0n) is 17.4. The molecule has 1 saturated heterocycles. The predicted octanol–water partition coefficient (Wildman–Crippen LogP) is 3.84. The van der Waals surface area contributed by atoms with Crippen LogP contribution in [0.4, 0.5) is 5.69 Å². The fourth-order valence-electron chi connectivity index (χ4n) is 2.95. The monoisotopic (exact) mass is 392 g/mol.